The first-order valence-electron chi connectivity index (χ1n) is 10.2. The smallest absolute Gasteiger partial charge is 0.243 e. The van der Waals surface area contributed by atoms with Gasteiger partial charge in [-0.3, -0.25) is 4.79 Å². The number of rotatable bonds is 5. The molecule has 26 heavy (non-hydrogen) atoms. The van der Waals surface area contributed by atoms with Crippen LogP contribution in [0.25, 0.3) is 0 Å². The molecule has 0 saturated carbocycles. The number of nitrogens with zero attached hydrogens (tertiary/aromatic N) is 3. The molecule has 140 valence electrons. The lowest BCUT2D eigenvalue weighted by Crippen LogP contribution is -2.36. The van der Waals surface area contributed by atoms with Gasteiger partial charge < -0.3 is 9.42 Å². The minimum absolute atomic E-state index is 0.0394. The zero-order valence-corrected chi connectivity index (χ0v) is 15.5. The molecular formula is C21H29N3O2. The Labute approximate surface area is 155 Å². The van der Waals surface area contributed by atoms with Crippen molar-refractivity contribution in [2.75, 3.05) is 19.6 Å². The molecule has 1 atom stereocenters. The van der Waals surface area contributed by atoms with Gasteiger partial charge in [-0.05, 0) is 82.4 Å². The van der Waals surface area contributed by atoms with Gasteiger partial charge in [-0.25, -0.2) is 0 Å². The van der Waals surface area contributed by atoms with Crippen molar-refractivity contribution in [1.29, 1.82) is 0 Å². The van der Waals surface area contributed by atoms with Gasteiger partial charge >= 0.3 is 0 Å². The average Bonchev–Trinajstić information content (AvgIpc) is 3.20. The third-order valence-electron chi connectivity index (χ3n) is 6.06. The van der Waals surface area contributed by atoms with E-state index in [2.05, 4.69) is 27.2 Å². The number of aromatic nitrogens is 2. The summed E-state index contributed by atoms with van der Waals surface area (Å²) in [5, 5.41) is 3.98. The molecule has 0 N–H and O–H groups in total. The number of Topliss-reactive ketones (excluding diaryl/α,β-unsaturated/α-hetero) is 1. The average molecular weight is 355 g/mol. The van der Waals surface area contributed by atoms with Crippen LogP contribution in [0.2, 0.25) is 0 Å². The number of hydrogen-bond acceptors (Lipinski definition) is 5. The van der Waals surface area contributed by atoms with Crippen molar-refractivity contribution in [2.45, 2.75) is 63.7 Å². The Hall–Kier alpha value is -1.75. The molecule has 0 aromatic carbocycles. The van der Waals surface area contributed by atoms with Crippen molar-refractivity contribution in [3.63, 3.8) is 0 Å². The van der Waals surface area contributed by atoms with E-state index < -0.39 is 0 Å². The normalized spacial score (nSPS) is 25.2. The molecule has 0 spiro atoms. The molecule has 5 nitrogen and oxygen atoms in total. The molecule has 0 bridgehead atoms. The summed E-state index contributed by atoms with van der Waals surface area (Å²) in [5.41, 5.74) is 0.861. The Bertz CT molecular complexity index is 683. The summed E-state index contributed by atoms with van der Waals surface area (Å²) in [6, 6.07) is 0. The lowest BCUT2D eigenvalue weighted by Gasteiger charge is -2.33. The maximum atomic E-state index is 12.5. The monoisotopic (exact) mass is 355 g/mol. The number of allylic oxidation sites excluding steroid dienone is 4. The largest absolute Gasteiger partial charge is 0.339 e. The number of carbonyl (C=O) groups is 1. The van der Waals surface area contributed by atoms with Crippen LogP contribution in [0, 0.1) is 5.92 Å². The Kier molecular flexibility index (Phi) is 5.63. The number of hydrogen-bond donors (Lipinski definition) is 0. The Morgan fingerprint density at radius 3 is 2.77 bits per heavy atom. The second-order valence-electron chi connectivity index (χ2n) is 7.99. The van der Waals surface area contributed by atoms with Crippen LogP contribution in [0.15, 0.2) is 28.3 Å². The predicted molar refractivity (Wildman–Crippen MR) is 100 cm³/mol. The second-order valence-corrected chi connectivity index (χ2v) is 7.99. The zero-order chi connectivity index (χ0) is 17.8. The van der Waals surface area contributed by atoms with Gasteiger partial charge in [0.15, 0.2) is 0 Å². The van der Waals surface area contributed by atoms with Gasteiger partial charge in [-0.1, -0.05) is 23.4 Å². The zero-order valence-electron chi connectivity index (χ0n) is 15.5. The van der Waals surface area contributed by atoms with E-state index in [1.165, 1.54) is 32.2 Å². The third-order valence-corrected chi connectivity index (χ3v) is 6.06. The van der Waals surface area contributed by atoms with Crippen molar-refractivity contribution >= 4 is 5.78 Å². The Morgan fingerprint density at radius 2 is 2.04 bits per heavy atom. The van der Waals surface area contributed by atoms with Gasteiger partial charge in [0.25, 0.3) is 0 Å². The van der Waals surface area contributed by atoms with Gasteiger partial charge in [0.05, 0.1) is 0 Å². The summed E-state index contributed by atoms with van der Waals surface area (Å²) in [7, 11) is 0. The number of carbonyl (C=O) groups excluding carboxylic acids is 1. The maximum absolute atomic E-state index is 12.5. The molecule has 0 radical (unpaired) electrons. The highest BCUT2D eigenvalue weighted by Crippen LogP contribution is 2.29. The first kappa shape index (κ1) is 17.7. The molecule has 5 heteroatoms. The quantitative estimate of drug-likeness (QED) is 0.582. The summed E-state index contributed by atoms with van der Waals surface area (Å²) < 4.78 is 5.46. The molecule has 1 fully saturated rings. The first-order chi connectivity index (χ1) is 12.8. The van der Waals surface area contributed by atoms with Crippen LogP contribution in [0.4, 0.5) is 0 Å². The molecule has 1 aliphatic heterocycles. The first-order valence-corrected chi connectivity index (χ1v) is 10.2. The Morgan fingerprint density at radius 1 is 1.15 bits per heavy atom. The Balaban J connectivity index is 1.30. The highest BCUT2D eigenvalue weighted by molar-refractivity contribution is 6.06. The van der Waals surface area contributed by atoms with Gasteiger partial charge in [0.1, 0.15) is 0 Å². The van der Waals surface area contributed by atoms with Gasteiger partial charge in [-0.2, -0.15) is 4.98 Å². The highest BCUT2D eigenvalue weighted by atomic mass is 16.5. The molecule has 1 aromatic heterocycles. The molecular weight excluding hydrogens is 326 g/mol. The third kappa shape index (κ3) is 4.14. The summed E-state index contributed by atoms with van der Waals surface area (Å²) >= 11 is 0. The summed E-state index contributed by atoms with van der Waals surface area (Å²) in [6.07, 6.45) is 16.6. The van der Waals surface area contributed by atoms with Crippen LogP contribution < -0.4 is 0 Å². The fourth-order valence-electron chi connectivity index (χ4n) is 4.43. The van der Waals surface area contributed by atoms with E-state index in [1.54, 1.807) is 0 Å². The minimum atomic E-state index is -0.0394. The van der Waals surface area contributed by atoms with Gasteiger partial charge in [-0.15, -0.1) is 0 Å². The highest BCUT2D eigenvalue weighted by Gasteiger charge is 2.28. The van der Waals surface area contributed by atoms with E-state index >= 15 is 0 Å². The van der Waals surface area contributed by atoms with Crippen LogP contribution in [0.5, 0.6) is 0 Å². The molecule has 2 heterocycles. The summed E-state index contributed by atoms with van der Waals surface area (Å²) in [5.74, 6) is 1.98. The number of ketones is 1. The van der Waals surface area contributed by atoms with E-state index in [0.717, 1.165) is 56.7 Å². The van der Waals surface area contributed by atoms with Crippen LogP contribution in [0.3, 0.4) is 0 Å². The minimum Gasteiger partial charge on any atom is -0.339 e. The fourth-order valence-corrected chi connectivity index (χ4v) is 4.43. The lowest BCUT2D eigenvalue weighted by molar-refractivity contribution is 0.101. The fraction of sp³-hybridized carbons (Fsp3) is 0.667. The summed E-state index contributed by atoms with van der Waals surface area (Å²) in [6.45, 7) is 3.38. The van der Waals surface area contributed by atoms with Crippen molar-refractivity contribution < 1.29 is 9.32 Å². The van der Waals surface area contributed by atoms with Crippen molar-refractivity contribution in [3.8, 4) is 0 Å². The molecule has 0 amide bonds. The molecule has 3 aliphatic rings. The van der Waals surface area contributed by atoms with E-state index in [-0.39, 0.29) is 11.6 Å². The van der Waals surface area contributed by atoms with E-state index in [9.17, 15) is 4.79 Å². The van der Waals surface area contributed by atoms with E-state index in [1.807, 2.05) is 6.08 Å². The standard InChI is InChI=1S/C21H29N3O2/c25-19(17-9-5-2-6-10-17)20-22-21(26-23-20)18-11-13-24(14-12-18)15-16-7-3-1-4-8-16/h1,3,9,16,18H,2,4-8,10-15H2. The topological polar surface area (TPSA) is 59.2 Å². The van der Waals surface area contributed by atoms with Crippen molar-refractivity contribution in [2.24, 2.45) is 5.92 Å². The molecule has 2 aliphatic carbocycles. The van der Waals surface area contributed by atoms with Crippen molar-refractivity contribution in [1.82, 2.24) is 15.0 Å². The number of likely N-dealkylation sites (tertiary alicyclic amines) is 1. The van der Waals surface area contributed by atoms with Crippen LogP contribution in [-0.4, -0.2) is 40.5 Å². The summed E-state index contributed by atoms with van der Waals surface area (Å²) in [4.78, 5) is 19.5. The lowest BCUT2D eigenvalue weighted by atomic mass is 9.91. The van der Waals surface area contributed by atoms with Crippen LogP contribution >= 0.6 is 0 Å². The molecule has 4 rings (SSSR count). The second kappa shape index (κ2) is 8.30. The SMILES string of the molecule is O=C(C1=CCCCC1)c1noc(C2CCN(CC3CC=CCC3)CC2)n1. The van der Waals surface area contributed by atoms with Crippen LogP contribution in [-0.2, 0) is 0 Å². The maximum Gasteiger partial charge on any atom is 0.243 e. The van der Waals surface area contributed by atoms with E-state index in [0.29, 0.717) is 11.8 Å². The van der Waals surface area contributed by atoms with Crippen molar-refractivity contribution in [3.05, 3.63) is 35.5 Å². The molecule has 1 aromatic rings. The van der Waals surface area contributed by atoms with Gasteiger partial charge in [0, 0.05) is 12.5 Å². The van der Waals surface area contributed by atoms with Crippen LogP contribution in [0.1, 0.15) is 80.2 Å². The van der Waals surface area contributed by atoms with Gasteiger partial charge in [0.2, 0.25) is 17.5 Å². The number of piperidine rings is 1. The predicted octanol–water partition coefficient (Wildman–Crippen LogP) is 4.29. The molecule has 1 unspecified atom stereocenters. The van der Waals surface area contributed by atoms with E-state index in [4.69, 9.17) is 4.52 Å². The molecule has 1 saturated heterocycles.